The predicted molar refractivity (Wildman–Crippen MR) is 84.7 cm³/mol. The van der Waals surface area contributed by atoms with Gasteiger partial charge in [-0.05, 0) is 42.5 Å². The summed E-state index contributed by atoms with van der Waals surface area (Å²) in [6, 6.07) is 5.12. The highest BCUT2D eigenvalue weighted by Crippen LogP contribution is 2.20. The van der Waals surface area contributed by atoms with Crippen molar-refractivity contribution in [1.82, 2.24) is 0 Å². The molecule has 0 aliphatic heterocycles. The normalized spacial score (nSPS) is 12.0. The van der Waals surface area contributed by atoms with Gasteiger partial charge in [0, 0.05) is 6.08 Å². The SMILES string of the molecule is Cc1ccc(C=CC(=O)O)cc1NS(=O)(=O)CCC(C)C. The molecule has 1 aromatic carbocycles. The van der Waals surface area contributed by atoms with Crippen molar-refractivity contribution >= 4 is 27.8 Å². The van der Waals surface area contributed by atoms with E-state index in [1.165, 1.54) is 6.08 Å². The Hall–Kier alpha value is -1.82. The summed E-state index contributed by atoms with van der Waals surface area (Å²) in [5.41, 5.74) is 1.89. The van der Waals surface area contributed by atoms with Gasteiger partial charge >= 0.3 is 5.97 Å². The number of hydrogen-bond donors (Lipinski definition) is 2. The Morgan fingerprint density at radius 2 is 2.05 bits per heavy atom. The number of aryl methyl sites for hydroxylation is 1. The predicted octanol–water partition coefficient (Wildman–Crippen LogP) is 2.88. The number of aliphatic carboxylic acids is 1. The second kappa shape index (κ2) is 7.26. The summed E-state index contributed by atoms with van der Waals surface area (Å²) < 4.78 is 26.6. The first-order chi connectivity index (χ1) is 9.69. The molecule has 0 spiro atoms. The summed E-state index contributed by atoms with van der Waals surface area (Å²) in [6.45, 7) is 5.74. The van der Waals surface area contributed by atoms with Crippen LogP contribution in [0.3, 0.4) is 0 Å². The van der Waals surface area contributed by atoms with E-state index >= 15 is 0 Å². The average molecular weight is 311 g/mol. The van der Waals surface area contributed by atoms with E-state index < -0.39 is 16.0 Å². The molecule has 6 heteroatoms. The number of carbonyl (C=O) groups is 1. The van der Waals surface area contributed by atoms with Crippen molar-refractivity contribution in [3.8, 4) is 0 Å². The molecule has 0 heterocycles. The second-order valence-electron chi connectivity index (χ2n) is 5.35. The van der Waals surface area contributed by atoms with Gasteiger partial charge in [0.25, 0.3) is 0 Å². The quantitative estimate of drug-likeness (QED) is 0.758. The number of benzene rings is 1. The van der Waals surface area contributed by atoms with Crippen LogP contribution in [0.5, 0.6) is 0 Å². The van der Waals surface area contributed by atoms with Crippen molar-refractivity contribution in [3.05, 3.63) is 35.4 Å². The first kappa shape index (κ1) is 17.2. The van der Waals surface area contributed by atoms with Gasteiger partial charge in [-0.2, -0.15) is 0 Å². The minimum atomic E-state index is -3.39. The van der Waals surface area contributed by atoms with E-state index in [1.807, 2.05) is 13.8 Å². The molecular weight excluding hydrogens is 290 g/mol. The van der Waals surface area contributed by atoms with Gasteiger partial charge in [-0.3, -0.25) is 4.72 Å². The molecule has 1 rings (SSSR count). The van der Waals surface area contributed by atoms with Crippen LogP contribution in [0.15, 0.2) is 24.3 Å². The molecule has 1 aromatic rings. The van der Waals surface area contributed by atoms with Crippen molar-refractivity contribution in [3.63, 3.8) is 0 Å². The lowest BCUT2D eigenvalue weighted by molar-refractivity contribution is -0.131. The molecule has 0 radical (unpaired) electrons. The molecule has 0 unspecified atom stereocenters. The van der Waals surface area contributed by atoms with Crippen LogP contribution in [-0.2, 0) is 14.8 Å². The van der Waals surface area contributed by atoms with Crippen LogP contribution >= 0.6 is 0 Å². The van der Waals surface area contributed by atoms with Crippen LogP contribution in [0.25, 0.3) is 6.08 Å². The van der Waals surface area contributed by atoms with Crippen molar-refractivity contribution in [2.24, 2.45) is 5.92 Å². The molecule has 5 nitrogen and oxygen atoms in total. The van der Waals surface area contributed by atoms with E-state index in [0.29, 0.717) is 23.6 Å². The maximum absolute atomic E-state index is 12.0. The third kappa shape index (κ3) is 6.44. The van der Waals surface area contributed by atoms with Crippen molar-refractivity contribution < 1.29 is 18.3 Å². The Morgan fingerprint density at radius 3 is 2.62 bits per heavy atom. The molecule has 0 atom stereocenters. The molecule has 0 fully saturated rings. The number of rotatable bonds is 7. The molecule has 0 saturated heterocycles. The monoisotopic (exact) mass is 311 g/mol. The Kier molecular flexibility index (Phi) is 5.96. The Bertz CT molecular complexity index is 633. The minimum absolute atomic E-state index is 0.0687. The second-order valence-corrected chi connectivity index (χ2v) is 7.19. The standard InChI is InChI=1S/C15H21NO4S/c1-11(2)8-9-21(19,20)16-14-10-13(5-4-12(14)3)6-7-15(17)18/h4-7,10-11,16H,8-9H2,1-3H3,(H,17,18). The van der Waals surface area contributed by atoms with Crippen LogP contribution in [0.2, 0.25) is 0 Å². The zero-order chi connectivity index (χ0) is 16.0. The summed E-state index contributed by atoms with van der Waals surface area (Å²) in [5, 5.41) is 8.61. The fourth-order valence-corrected chi connectivity index (χ4v) is 3.07. The number of carboxylic acids is 1. The zero-order valence-electron chi connectivity index (χ0n) is 12.5. The number of anilines is 1. The van der Waals surface area contributed by atoms with Crippen molar-refractivity contribution in [2.45, 2.75) is 27.2 Å². The van der Waals surface area contributed by atoms with Gasteiger partial charge in [0.15, 0.2) is 0 Å². The molecule has 0 bridgehead atoms. The van der Waals surface area contributed by atoms with E-state index in [1.54, 1.807) is 25.1 Å². The number of carboxylic acid groups (broad SMARTS) is 1. The van der Waals surface area contributed by atoms with Gasteiger partial charge in [-0.25, -0.2) is 13.2 Å². The zero-order valence-corrected chi connectivity index (χ0v) is 13.3. The van der Waals surface area contributed by atoms with Crippen LogP contribution < -0.4 is 4.72 Å². The first-order valence-electron chi connectivity index (χ1n) is 6.72. The lowest BCUT2D eigenvalue weighted by Gasteiger charge is -2.12. The van der Waals surface area contributed by atoms with E-state index in [4.69, 9.17) is 5.11 Å². The fraction of sp³-hybridized carbons (Fsp3) is 0.400. The number of hydrogen-bond acceptors (Lipinski definition) is 3. The topological polar surface area (TPSA) is 83.5 Å². The molecular formula is C15H21NO4S. The summed E-state index contributed by atoms with van der Waals surface area (Å²) >= 11 is 0. The Balaban J connectivity index is 2.92. The van der Waals surface area contributed by atoms with Gasteiger partial charge in [0.2, 0.25) is 10.0 Å². The minimum Gasteiger partial charge on any atom is -0.478 e. The van der Waals surface area contributed by atoms with Gasteiger partial charge < -0.3 is 5.11 Å². The van der Waals surface area contributed by atoms with Gasteiger partial charge in [0.1, 0.15) is 0 Å². The van der Waals surface area contributed by atoms with E-state index in [9.17, 15) is 13.2 Å². The lowest BCUT2D eigenvalue weighted by Crippen LogP contribution is -2.18. The summed E-state index contributed by atoms with van der Waals surface area (Å²) in [5.74, 6) is -0.665. The van der Waals surface area contributed by atoms with Crippen molar-refractivity contribution in [1.29, 1.82) is 0 Å². The van der Waals surface area contributed by atoms with Gasteiger partial charge in [-0.15, -0.1) is 0 Å². The Morgan fingerprint density at radius 1 is 1.38 bits per heavy atom. The van der Waals surface area contributed by atoms with Gasteiger partial charge in [-0.1, -0.05) is 26.0 Å². The third-order valence-corrected chi connectivity index (χ3v) is 4.21. The summed E-state index contributed by atoms with van der Waals surface area (Å²) in [7, 11) is -3.39. The van der Waals surface area contributed by atoms with Crippen LogP contribution in [-0.4, -0.2) is 25.2 Å². The van der Waals surface area contributed by atoms with E-state index in [2.05, 4.69) is 4.72 Å². The first-order valence-corrected chi connectivity index (χ1v) is 8.37. The fourth-order valence-electron chi connectivity index (χ4n) is 1.63. The molecule has 2 N–H and O–H groups in total. The highest BCUT2D eigenvalue weighted by molar-refractivity contribution is 7.92. The molecule has 0 saturated carbocycles. The Labute approximate surface area is 125 Å². The highest BCUT2D eigenvalue weighted by atomic mass is 32.2. The molecule has 0 aromatic heterocycles. The summed E-state index contributed by atoms with van der Waals surface area (Å²) in [4.78, 5) is 10.5. The van der Waals surface area contributed by atoms with Gasteiger partial charge in [0.05, 0.1) is 11.4 Å². The molecule has 116 valence electrons. The van der Waals surface area contributed by atoms with Crippen molar-refractivity contribution in [2.75, 3.05) is 10.5 Å². The number of sulfonamides is 1. The van der Waals surface area contributed by atoms with E-state index in [0.717, 1.165) is 11.6 Å². The lowest BCUT2D eigenvalue weighted by atomic mass is 10.1. The van der Waals surface area contributed by atoms with Crippen LogP contribution in [0.1, 0.15) is 31.4 Å². The third-order valence-electron chi connectivity index (χ3n) is 2.91. The smallest absolute Gasteiger partial charge is 0.328 e. The molecule has 21 heavy (non-hydrogen) atoms. The van der Waals surface area contributed by atoms with E-state index in [-0.39, 0.29) is 5.75 Å². The average Bonchev–Trinajstić information content (AvgIpc) is 2.37. The number of nitrogens with one attached hydrogen (secondary N) is 1. The van der Waals surface area contributed by atoms with Crippen LogP contribution in [0.4, 0.5) is 5.69 Å². The maximum Gasteiger partial charge on any atom is 0.328 e. The van der Waals surface area contributed by atoms with Crippen LogP contribution in [0, 0.1) is 12.8 Å². The summed E-state index contributed by atoms with van der Waals surface area (Å²) in [6.07, 6.45) is 3.03. The molecule has 0 aliphatic carbocycles. The largest absolute Gasteiger partial charge is 0.478 e. The molecule has 0 aliphatic rings. The molecule has 0 amide bonds. The maximum atomic E-state index is 12.0. The highest BCUT2D eigenvalue weighted by Gasteiger charge is 2.13.